The molecule has 1 aromatic rings. The lowest BCUT2D eigenvalue weighted by Gasteiger charge is -2.20. The predicted molar refractivity (Wildman–Crippen MR) is 152 cm³/mol. The summed E-state index contributed by atoms with van der Waals surface area (Å²) in [6.07, 6.45) is 13.5. The fraction of sp³-hybridized carbons (Fsp3) is 0.333. The minimum absolute atomic E-state index is 0.144. The molecule has 2 aliphatic heterocycles. The number of fused-ring (bicyclic) bond motifs is 1. The second-order valence-electron chi connectivity index (χ2n) is 10.2. The highest BCUT2D eigenvalue weighted by molar-refractivity contribution is 7.92. The Hall–Kier alpha value is -4.43. The third kappa shape index (κ3) is 5.74. The average molecular weight is 582 g/mol. The molecule has 0 bridgehead atoms. The molecule has 4 aliphatic rings. The van der Waals surface area contributed by atoms with Gasteiger partial charge in [-0.1, -0.05) is 30.4 Å². The SMILES string of the molecule is Cc1[nH]c(/C=C2\C(=O)NC3=CCC(S(=O)(=O)CC4=CC=CCC4[N+](=O)[O-])C=C32)c(C)c1C(=O)NCCN1C=CNN1. The van der Waals surface area contributed by atoms with Gasteiger partial charge in [0, 0.05) is 58.5 Å². The molecule has 2 atom stereocenters. The third-order valence-electron chi connectivity index (χ3n) is 7.47. The first kappa shape index (κ1) is 28.1. The number of rotatable bonds is 9. The van der Waals surface area contributed by atoms with Gasteiger partial charge in [0.15, 0.2) is 9.84 Å². The second kappa shape index (κ2) is 11.2. The van der Waals surface area contributed by atoms with Gasteiger partial charge >= 0.3 is 0 Å². The fourth-order valence-corrected chi connectivity index (χ4v) is 7.01. The van der Waals surface area contributed by atoms with Crippen molar-refractivity contribution in [3.05, 3.63) is 97.8 Å². The Balaban J connectivity index is 1.36. The lowest BCUT2D eigenvalue weighted by molar-refractivity contribution is -0.511. The first-order valence-corrected chi connectivity index (χ1v) is 14.8. The van der Waals surface area contributed by atoms with Crippen molar-refractivity contribution in [1.29, 1.82) is 0 Å². The first-order valence-electron chi connectivity index (χ1n) is 13.1. The van der Waals surface area contributed by atoms with E-state index in [1.165, 1.54) is 6.08 Å². The molecule has 41 heavy (non-hydrogen) atoms. The van der Waals surface area contributed by atoms with E-state index in [9.17, 15) is 28.1 Å². The van der Waals surface area contributed by atoms with Crippen molar-refractivity contribution in [3.8, 4) is 0 Å². The van der Waals surface area contributed by atoms with E-state index < -0.39 is 31.8 Å². The number of amides is 2. The van der Waals surface area contributed by atoms with E-state index in [0.29, 0.717) is 46.9 Å². The van der Waals surface area contributed by atoms with Gasteiger partial charge in [0.25, 0.3) is 11.8 Å². The van der Waals surface area contributed by atoms with Crippen molar-refractivity contribution < 1.29 is 22.9 Å². The van der Waals surface area contributed by atoms with Crippen LogP contribution in [0.1, 0.15) is 40.2 Å². The lowest BCUT2D eigenvalue weighted by atomic mass is 9.98. The maximum absolute atomic E-state index is 13.4. The molecule has 14 heteroatoms. The molecule has 2 unspecified atom stereocenters. The third-order valence-corrected chi connectivity index (χ3v) is 9.46. The largest absolute Gasteiger partial charge is 0.358 e. The van der Waals surface area contributed by atoms with E-state index in [1.54, 1.807) is 55.4 Å². The summed E-state index contributed by atoms with van der Waals surface area (Å²) in [4.78, 5) is 40.0. The van der Waals surface area contributed by atoms with E-state index in [0.717, 1.165) is 0 Å². The van der Waals surface area contributed by atoms with Gasteiger partial charge in [-0.05, 0) is 31.9 Å². The maximum Gasteiger partial charge on any atom is 0.256 e. The van der Waals surface area contributed by atoms with E-state index in [-0.39, 0.29) is 35.8 Å². The number of carbonyl (C=O) groups excluding carboxylic acids is 2. The first-order chi connectivity index (χ1) is 19.5. The van der Waals surface area contributed by atoms with Crippen molar-refractivity contribution in [3.63, 3.8) is 0 Å². The van der Waals surface area contributed by atoms with Crippen LogP contribution in [0.25, 0.3) is 6.08 Å². The molecule has 5 N–H and O–H groups in total. The van der Waals surface area contributed by atoms with E-state index in [4.69, 9.17) is 0 Å². The van der Waals surface area contributed by atoms with Gasteiger partial charge in [0.2, 0.25) is 6.04 Å². The van der Waals surface area contributed by atoms with Crippen molar-refractivity contribution in [2.75, 3.05) is 18.8 Å². The molecule has 13 nitrogen and oxygen atoms in total. The van der Waals surface area contributed by atoms with E-state index >= 15 is 0 Å². The van der Waals surface area contributed by atoms with Gasteiger partial charge in [-0.2, -0.15) is 0 Å². The predicted octanol–water partition coefficient (Wildman–Crippen LogP) is 1.20. The monoisotopic (exact) mass is 581 g/mol. The number of nitrogens with zero attached hydrogens (tertiary/aromatic N) is 2. The average Bonchev–Trinajstić information content (AvgIpc) is 3.62. The van der Waals surface area contributed by atoms with Crippen LogP contribution in [0.3, 0.4) is 0 Å². The lowest BCUT2D eigenvalue weighted by Crippen LogP contribution is -2.40. The Morgan fingerprint density at radius 3 is 2.83 bits per heavy atom. The number of hydrogen-bond donors (Lipinski definition) is 5. The van der Waals surface area contributed by atoms with Gasteiger partial charge < -0.3 is 21.0 Å². The summed E-state index contributed by atoms with van der Waals surface area (Å²) in [5, 5.41) is 18.0. The number of sulfone groups is 1. The molecule has 0 aromatic carbocycles. The van der Waals surface area contributed by atoms with Crippen LogP contribution >= 0.6 is 0 Å². The molecule has 1 aromatic heterocycles. The topological polar surface area (TPSA) is 179 Å². The zero-order valence-electron chi connectivity index (χ0n) is 22.6. The number of H-pyrrole nitrogens is 1. The quantitative estimate of drug-likeness (QED) is 0.163. The number of hydrazine groups is 2. The molecule has 0 radical (unpaired) electrons. The smallest absolute Gasteiger partial charge is 0.256 e. The molecule has 216 valence electrons. The molecule has 0 saturated carbocycles. The van der Waals surface area contributed by atoms with Gasteiger partial charge in [-0.25, -0.2) is 8.42 Å². The number of carbonyl (C=O) groups is 2. The summed E-state index contributed by atoms with van der Waals surface area (Å²) in [5.74, 6) is -1.07. The number of aryl methyl sites for hydroxylation is 1. The standard InChI is InChI=1S/C27H31N7O6S/c1-16-23(30-17(2)25(16)27(36)28-9-11-33-12-10-29-32-33)14-21-20-13-19(7-8-22(20)31-26(21)35)41(39,40)15-18-5-3-4-6-24(18)34(37)38/h3-5,8,10,12-14,19,24,29-30,32H,6-7,9,11,15H2,1-2H3,(H,28,36)(H,31,35)/b21-14-. The van der Waals surface area contributed by atoms with Gasteiger partial charge in [0.1, 0.15) is 0 Å². The van der Waals surface area contributed by atoms with Crippen LogP contribution in [0.5, 0.6) is 0 Å². The second-order valence-corrected chi connectivity index (χ2v) is 12.4. The van der Waals surface area contributed by atoms with Crippen molar-refractivity contribution in [1.82, 2.24) is 31.6 Å². The molecule has 1 fully saturated rings. The number of aromatic amines is 1. The number of nitro groups is 1. The summed E-state index contributed by atoms with van der Waals surface area (Å²) < 4.78 is 26.7. The van der Waals surface area contributed by atoms with E-state index in [1.807, 2.05) is 6.20 Å². The number of nitrogens with one attached hydrogen (secondary N) is 5. The zero-order valence-corrected chi connectivity index (χ0v) is 23.4. The van der Waals surface area contributed by atoms with Crippen LogP contribution in [0.2, 0.25) is 0 Å². The van der Waals surface area contributed by atoms with Crippen LogP contribution in [-0.2, 0) is 14.6 Å². The number of hydrogen-bond acceptors (Lipinski definition) is 9. The van der Waals surface area contributed by atoms with Crippen LogP contribution < -0.4 is 21.6 Å². The van der Waals surface area contributed by atoms with Crippen LogP contribution in [0.15, 0.2) is 65.2 Å². The highest BCUT2D eigenvalue weighted by Crippen LogP contribution is 2.34. The van der Waals surface area contributed by atoms with Gasteiger partial charge in [-0.15, -0.1) is 5.53 Å². The molecule has 5 rings (SSSR count). The molecule has 1 saturated heterocycles. The normalized spacial score (nSPS) is 22.6. The maximum atomic E-state index is 13.4. The summed E-state index contributed by atoms with van der Waals surface area (Å²) >= 11 is 0. The number of aromatic nitrogens is 1. The van der Waals surface area contributed by atoms with Crippen molar-refractivity contribution >= 4 is 27.7 Å². The minimum Gasteiger partial charge on any atom is -0.358 e. The molecule has 2 aliphatic carbocycles. The highest BCUT2D eigenvalue weighted by Gasteiger charge is 2.37. The van der Waals surface area contributed by atoms with Crippen LogP contribution in [0.4, 0.5) is 0 Å². The fourth-order valence-electron chi connectivity index (χ4n) is 5.31. The molecular formula is C27H31N7O6S. The Kier molecular flexibility index (Phi) is 7.69. The molecule has 3 heterocycles. The minimum atomic E-state index is -3.81. The van der Waals surface area contributed by atoms with Gasteiger partial charge in [-0.3, -0.25) is 24.7 Å². The summed E-state index contributed by atoms with van der Waals surface area (Å²) in [5.41, 5.74) is 9.54. The Morgan fingerprint density at radius 2 is 2.10 bits per heavy atom. The Labute approximate surface area is 236 Å². The van der Waals surface area contributed by atoms with Crippen LogP contribution in [0, 0.1) is 24.0 Å². The van der Waals surface area contributed by atoms with Crippen molar-refractivity contribution in [2.24, 2.45) is 0 Å². The summed E-state index contributed by atoms with van der Waals surface area (Å²) in [6.45, 7) is 4.49. The number of allylic oxidation sites excluding steroid dienone is 4. The summed E-state index contributed by atoms with van der Waals surface area (Å²) in [6, 6.07) is -1.07. The Bertz CT molecular complexity index is 1590. The molecule has 2 amide bonds. The zero-order chi connectivity index (χ0) is 29.3. The van der Waals surface area contributed by atoms with Crippen molar-refractivity contribution in [2.45, 2.75) is 38.0 Å². The Morgan fingerprint density at radius 1 is 1.29 bits per heavy atom. The highest BCUT2D eigenvalue weighted by atomic mass is 32.2. The molecular weight excluding hydrogens is 550 g/mol. The van der Waals surface area contributed by atoms with Crippen LogP contribution in [-0.4, -0.2) is 65.3 Å². The van der Waals surface area contributed by atoms with E-state index in [2.05, 4.69) is 26.6 Å². The summed E-state index contributed by atoms with van der Waals surface area (Å²) in [7, 11) is -3.81. The molecule has 0 spiro atoms. The van der Waals surface area contributed by atoms with Gasteiger partial charge in [0.05, 0.1) is 28.7 Å².